The molecule has 0 radical (unpaired) electrons. The molecule has 1 aromatic heterocycles. The lowest BCUT2D eigenvalue weighted by molar-refractivity contribution is 0.627. The fourth-order valence-corrected chi connectivity index (χ4v) is 2.64. The Hall–Kier alpha value is -1.40. The summed E-state index contributed by atoms with van der Waals surface area (Å²) in [6.07, 6.45) is 1.77. The van der Waals surface area contributed by atoms with Gasteiger partial charge in [-0.05, 0) is 47.0 Å². The summed E-state index contributed by atoms with van der Waals surface area (Å²) in [5, 5.41) is 9.49. The number of halogens is 2. The van der Waals surface area contributed by atoms with Gasteiger partial charge >= 0.3 is 0 Å². The van der Waals surface area contributed by atoms with Gasteiger partial charge in [-0.25, -0.2) is 9.37 Å². The molecule has 96 valence electrons. The van der Waals surface area contributed by atoms with Crippen molar-refractivity contribution in [3.8, 4) is 17.3 Å². The molecular formula is C12H7FIN3OS. The highest BCUT2D eigenvalue weighted by molar-refractivity contribution is 14.1. The van der Waals surface area contributed by atoms with Gasteiger partial charge in [-0.3, -0.25) is 4.79 Å². The lowest BCUT2D eigenvalue weighted by Crippen LogP contribution is -2.14. The van der Waals surface area contributed by atoms with E-state index in [1.54, 1.807) is 6.26 Å². The van der Waals surface area contributed by atoms with Crippen LogP contribution in [0.25, 0.3) is 11.3 Å². The Morgan fingerprint density at radius 1 is 1.53 bits per heavy atom. The van der Waals surface area contributed by atoms with Crippen molar-refractivity contribution < 1.29 is 4.39 Å². The van der Waals surface area contributed by atoms with Gasteiger partial charge in [0.05, 0.1) is 5.69 Å². The van der Waals surface area contributed by atoms with Crippen LogP contribution in [0.2, 0.25) is 0 Å². The number of hydrogen-bond donors (Lipinski definition) is 1. The van der Waals surface area contributed by atoms with Gasteiger partial charge in [0.15, 0.2) is 5.16 Å². The Morgan fingerprint density at radius 3 is 2.84 bits per heavy atom. The molecule has 0 aliphatic heterocycles. The summed E-state index contributed by atoms with van der Waals surface area (Å²) in [6.45, 7) is 0. The van der Waals surface area contributed by atoms with Crippen LogP contribution >= 0.6 is 34.4 Å². The maximum atomic E-state index is 13.1. The second-order valence-electron chi connectivity index (χ2n) is 3.53. The summed E-state index contributed by atoms with van der Waals surface area (Å²) in [7, 11) is 0. The van der Waals surface area contributed by atoms with Crippen molar-refractivity contribution in [2.24, 2.45) is 0 Å². The topological polar surface area (TPSA) is 69.5 Å². The molecule has 0 atom stereocenters. The van der Waals surface area contributed by atoms with Gasteiger partial charge in [0.1, 0.15) is 17.4 Å². The number of nitrogens with one attached hydrogen (secondary N) is 1. The van der Waals surface area contributed by atoms with Crippen molar-refractivity contribution in [2.75, 3.05) is 6.26 Å². The Balaban J connectivity index is 2.77. The molecule has 0 aliphatic carbocycles. The average Bonchev–Trinajstić information content (AvgIpc) is 2.37. The molecule has 0 saturated carbocycles. The van der Waals surface area contributed by atoms with E-state index >= 15 is 0 Å². The van der Waals surface area contributed by atoms with E-state index in [1.165, 1.54) is 30.0 Å². The molecule has 0 fully saturated rings. The van der Waals surface area contributed by atoms with Crippen LogP contribution in [-0.4, -0.2) is 16.2 Å². The van der Waals surface area contributed by atoms with E-state index < -0.39 is 5.56 Å². The van der Waals surface area contributed by atoms with Crippen molar-refractivity contribution in [1.82, 2.24) is 9.97 Å². The van der Waals surface area contributed by atoms with Crippen molar-refractivity contribution >= 4 is 34.4 Å². The summed E-state index contributed by atoms with van der Waals surface area (Å²) in [5.41, 5.74) is 0.291. The summed E-state index contributed by atoms with van der Waals surface area (Å²) >= 11 is 3.22. The van der Waals surface area contributed by atoms with Gasteiger partial charge in [-0.1, -0.05) is 11.8 Å². The monoisotopic (exact) mass is 387 g/mol. The van der Waals surface area contributed by atoms with E-state index in [-0.39, 0.29) is 17.1 Å². The van der Waals surface area contributed by atoms with E-state index in [9.17, 15) is 9.18 Å². The molecule has 19 heavy (non-hydrogen) atoms. The van der Waals surface area contributed by atoms with Gasteiger partial charge in [0, 0.05) is 9.13 Å². The molecule has 0 amide bonds. The van der Waals surface area contributed by atoms with Crippen LogP contribution in [0.3, 0.4) is 0 Å². The molecule has 2 rings (SSSR count). The first-order valence-electron chi connectivity index (χ1n) is 5.10. The lowest BCUT2D eigenvalue weighted by atomic mass is 10.1. The molecular weight excluding hydrogens is 380 g/mol. The summed E-state index contributed by atoms with van der Waals surface area (Å²) in [5.74, 6) is -0.374. The normalized spacial score (nSPS) is 10.2. The Morgan fingerprint density at radius 2 is 2.26 bits per heavy atom. The maximum absolute atomic E-state index is 13.1. The average molecular weight is 387 g/mol. The zero-order valence-electron chi connectivity index (χ0n) is 9.70. The number of benzene rings is 1. The van der Waals surface area contributed by atoms with E-state index in [2.05, 4.69) is 9.97 Å². The van der Waals surface area contributed by atoms with Crippen molar-refractivity contribution in [3.05, 3.63) is 43.5 Å². The fourth-order valence-electron chi connectivity index (χ4n) is 1.53. The number of rotatable bonds is 2. The quantitative estimate of drug-likeness (QED) is 0.489. The molecule has 0 saturated heterocycles. The molecule has 1 heterocycles. The number of H-pyrrole nitrogens is 1. The number of aromatic amines is 1. The number of thioether (sulfide) groups is 1. The van der Waals surface area contributed by atoms with Crippen molar-refractivity contribution in [2.45, 2.75) is 5.16 Å². The minimum Gasteiger partial charge on any atom is -0.300 e. The highest BCUT2D eigenvalue weighted by atomic mass is 127. The number of aromatic nitrogens is 2. The zero-order valence-corrected chi connectivity index (χ0v) is 12.7. The SMILES string of the molecule is CSc1nc(-c2ccc(F)cc2I)c(C#N)c(=O)[nH]1. The number of nitriles is 1. The first kappa shape index (κ1) is 14.0. The molecule has 0 spiro atoms. The third kappa shape index (κ3) is 2.79. The predicted molar refractivity (Wildman–Crippen MR) is 79.5 cm³/mol. The first-order valence-corrected chi connectivity index (χ1v) is 7.41. The second kappa shape index (κ2) is 5.71. The van der Waals surface area contributed by atoms with E-state index in [0.29, 0.717) is 14.3 Å². The highest BCUT2D eigenvalue weighted by Crippen LogP contribution is 2.26. The molecule has 4 nitrogen and oxygen atoms in total. The minimum absolute atomic E-state index is 0.0673. The standard InChI is InChI=1S/C12H7FIN3OS/c1-19-12-16-10(8(5-15)11(18)17-12)7-3-2-6(13)4-9(7)14/h2-4H,1H3,(H,16,17,18). The third-order valence-corrected chi connectivity index (χ3v) is 3.86. The van der Waals surface area contributed by atoms with Gasteiger partial charge in [-0.15, -0.1) is 0 Å². The first-order chi connectivity index (χ1) is 9.06. The molecule has 1 N–H and O–H groups in total. The third-order valence-electron chi connectivity index (χ3n) is 2.39. The Kier molecular flexibility index (Phi) is 4.21. The summed E-state index contributed by atoms with van der Waals surface area (Å²) in [4.78, 5) is 18.6. The molecule has 7 heteroatoms. The molecule has 1 aromatic carbocycles. The van der Waals surface area contributed by atoms with Gasteiger partial charge in [0.25, 0.3) is 5.56 Å². The van der Waals surface area contributed by atoms with Crippen LogP contribution < -0.4 is 5.56 Å². The lowest BCUT2D eigenvalue weighted by Gasteiger charge is -2.07. The molecule has 0 bridgehead atoms. The second-order valence-corrected chi connectivity index (χ2v) is 5.49. The van der Waals surface area contributed by atoms with E-state index in [4.69, 9.17) is 5.26 Å². The maximum Gasteiger partial charge on any atom is 0.270 e. The molecule has 2 aromatic rings. The molecule has 0 aliphatic rings. The van der Waals surface area contributed by atoms with Gasteiger partial charge < -0.3 is 4.98 Å². The Bertz CT molecular complexity index is 739. The van der Waals surface area contributed by atoms with Gasteiger partial charge in [-0.2, -0.15) is 5.26 Å². The Labute approximate surface area is 126 Å². The summed E-state index contributed by atoms with van der Waals surface area (Å²) in [6, 6.07) is 5.97. The smallest absolute Gasteiger partial charge is 0.270 e. The van der Waals surface area contributed by atoms with Crippen LogP contribution in [0.15, 0.2) is 28.2 Å². The van der Waals surface area contributed by atoms with Crippen LogP contribution in [0.4, 0.5) is 4.39 Å². The zero-order chi connectivity index (χ0) is 14.0. The number of nitrogens with zero attached hydrogens (tertiary/aromatic N) is 2. The fraction of sp³-hybridized carbons (Fsp3) is 0.0833. The highest BCUT2D eigenvalue weighted by Gasteiger charge is 2.15. The van der Waals surface area contributed by atoms with Crippen LogP contribution in [0.1, 0.15) is 5.56 Å². The summed E-state index contributed by atoms with van der Waals surface area (Å²) < 4.78 is 13.7. The van der Waals surface area contributed by atoms with Crippen LogP contribution in [0, 0.1) is 20.7 Å². The van der Waals surface area contributed by atoms with E-state index in [0.717, 1.165) is 0 Å². The van der Waals surface area contributed by atoms with E-state index in [1.807, 2.05) is 28.7 Å². The van der Waals surface area contributed by atoms with Crippen LogP contribution in [0.5, 0.6) is 0 Å². The van der Waals surface area contributed by atoms with Crippen molar-refractivity contribution in [1.29, 1.82) is 5.26 Å². The van der Waals surface area contributed by atoms with Crippen molar-refractivity contribution in [3.63, 3.8) is 0 Å². The number of hydrogen-bond acceptors (Lipinski definition) is 4. The predicted octanol–water partition coefficient (Wildman–Crippen LogP) is 2.77. The largest absolute Gasteiger partial charge is 0.300 e. The minimum atomic E-state index is -0.489. The molecule has 0 unspecified atom stereocenters. The van der Waals surface area contributed by atoms with Gasteiger partial charge in [0.2, 0.25) is 0 Å². The van der Waals surface area contributed by atoms with Crippen LogP contribution in [-0.2, 0) is 0 Å².